The summed E-state index contributed by atoms with van der Waals surface area (Å²) in [6.45, 7) is 6.64. The van der Waals surface area contributed by atoms with Gasteiger partial charge in [0, 0.05) is 10.9 Å². The number of hydrogen-bond donors (Lipinski definition) is 1. The average molecular weight is 289 g/mol. The molecule has 1 fully saturated rings. The van der Waals surface area contributed by atoms with Gasteiger partial charge in [-0.3, -0.25) is 0 Å². The molecule has 2 aromatic heterocycles. The van der Waals surface area contributed by atoms with Crippen LogP contribution in [0.5, 0.6) is 0 Å². The van der Waals surface area contributed by atoms with Gasteiger partial charge in [0.25, 0.3) is 0 Å². The topological polar surface area (TPSA) is 37.8 Å². The summed E-state index contributed by atoms with van der Waals surface area (Å²) < 4.78 is 0. The van der Waals surface area contributed by atoms with E-state index in [1.807, 2.05) is 0 Å². The Kier molecular flexibility index (Phi) is 3.92. The van der Waals surface area contributed by atoms with Crippen LogP contribution < -0.4 is 5.32 Å². The van der Waals surface area contributed by atoms with E-state index in [4.69, 9.17) is 0 Å². The summed E-state index contributed by atoms with van der Waals surface area (Å²) in [5.41, 5.74) is 1.32. The molecule has 2 heterocycles. The van der Waals surface area contributed by atoms with E-state index in [0.717, 1.165) is 16.6 Å². The lowest BCUT2D eigenvalue weighted by molar-refractivity contribution is 0.328. The summed E-state index contributed by atoms with van der Waals surface area (Å²) in [7, 11) is 0. The average Bonchev–Trinajstić information content (AvgIpc) is 2.76. The maximum Gasteiger partial charge on any atom is 0.138 e. The van der Waals surface area contributed by atoms with Gasteiger partial charge in [-0.15, -0.1) is 11.3 Å². The fraction of sp³-hybridized carbons (Fsp3) is 0.625. The molecule has 0 bridgehead atoms. The van der Waals surface area contributed by atoms with Crippen molar-refractivity contribution in [3.63, 3.8) is 0 Å². The minimum absolute atomic E-state index is 0.494. The number of rotatable bonds is 3. The van der Waals surface area contributed by atoms with Gasteiger partial charge in [-0.05, 0) is 45.1 Å². The van der Waals surface area contributed by atoms with Crippen LogP contribution in [0.4, 0.5) is 5.82 Å². The van der Waals surface area contributed by atoms with Crippen molar-refractivity contribution in [3.05, 3.63) is 16.8 Å². The van der Waals surface area contributed by atoms with E-state index in [9.17, 15) is 0 Å². The Morgan fingerprint density at radius 1 is 1.20 bits per heavy atom. The van der Waals surface area contributed by atoms with Crippen LogP contribution in [0, 0.1) is 19.8 Å². The Balaban J connectivity index is 1.86. The summed E-state index contributed by atoms with van der Waals surface area (Å²) in [4.78, 5) is 11.4. The zero-order chi connectivity index (χ0) is 14.1. The molecule has 1 saturated carbocycles. The van der Waals surface area contributed by atoms with Crippen LogP contribution in [0.2, 0.25) is 0 Å². The SMILES string of the molecule is Cc1sc2ncnc(NC(C)C3CCCCC3)c2c1C. The summed E-state index contributed by atoms with van der Waals surface area (Å²) in [6.07, 6.45) is 8.56. The van der Waals surface area contributed by atoms with Crippen LogP contribution in [0.3, 0.4) is 0 Å². The van der Waals surface area contributed by atoms with Crippen LogP contribution in [-0.4, -0.2) is 16.0 Å². The highest BCUT2D eigenvalue weighted by Crippen LogP contribution is 2.34. The van der Waals surface area contributed by atoms with E-state index in [1.165, 1.54) is 47.9 Å². The number of thiophene rings is 1. The quantitative estimate of drug-likeness (QED) is 0.890. The van der Waals surface area contributed by atoms with Crippen molar-refractivity contribution in [2.45, 2.75) is 58.9 Å². The number of anilines is 1. The second-order valence-corrected chi connectivity index (χ2v) is 7.22. The van der Waals surface area contributed by atoms with Crippen LogP contribution in [0.15, 0.2) is 6.33 Å². The number of hydrogen-bond acceptors (Lipinski definition) is 4. The highest BCUT2D eigenvalue weighted by atomic mass is 32.1. The molecule has 1 N–H and O–H groups in total. The third-order valence-corrected chi connectivity index (χ3v) is 5.80. The van der Waals surface area contributed by atoms with Crippen molar-refractivity contribution < 1.29 is 0 Å². The van der Waals surface area contributed by atoms with E-state index < -0.39 is 0 Å². The molecule has 108 valence electrons. The molecule has 4 heteroatoms. The van der Waals surface area contributed by atoms with Gasteiger partial charge in [-0.25, -0.2) is 9.97 Å². The monoisotopic (exact) mass is 289 g/mol. The number of fused-ring (bicyclic) bond motifs is 1. The lowest BCUT2D eigenvalue weighted by atomic mass is 9.84. The van der Waals surface area contributed by atoms with Gasteiger partial charge in [-0.1, -0.05) is 19.3 Å². The first-order chi connectivity index (χ1) is 9.66. The third kappa shape index (κ3) is 2.53. The van der Waals surface area contributed by atoms with E-state index in [2.05, 4.69) is 36.1 Å². The molecule has 1 aliphatic rings. The summed E-state index contributed by atoms with van der Waals surface area (Å²) >= 11 is 1.76. The smallest absolute Gasteiger partial charge is 0.138 e. The molecular formula is C16H23N3S. The molecule has 1 unspecified atom stereocenters. The molecule has 3 rings (SSSR count). The number of nitrogens with zero attached hydrogens (tertiary/aromatic N) is 2. The van der Waals surface area contributed by atoms with Crippen molar-refractivity contribution >= 4 is 27.4 Å². The van der Waals surface area contributed by atoms with Crippen molar-refractivity contribution in [2.75, 3.05) is 5.32 Å². The number of aromatic nitrogens is 2. The van der Waals surface area contributed by atoms with E-state index >= 15 is 0 Å². The molecule has 0 amide bonds. The summed E-state index contributed by atoms with van der Waals surface area (Å²) in [5, 5.41) is 4.88. The first-order valence-corrected chi connectivity index (χ1v) is 8.45. The second-order valence-electron chi connectivity index (χ2n) is 6.02. The highest BCUT2D eigenvalue weighted by molar-refractivity contribution is 7.18. The minimum atomic E-state index is 0.494. The Bertz CT molecular complexity index is 599. The number of nitrogens with one attached hydrogen (secondary N) is 1. The maximum absolute atomic E-state index is 4.50. The van der Waals surface area contributed by atoms with Crippen molar-refractivity contribution in [1.82, 2.24) is 9.97 Å². The first-order valence-electron chi connectivity index (χ1n) is 7.64. The van der Waals surface area contributed by atoms with E-state index in [-0.39, 0.29) is 0 Å². The van der Waals surface area contributed by atoms with Crippen LogP contribution >= 0.6 is 11.3 Å². The third-order valence-electron chi connectivity index (χ3n) is 4.69. The van der Waals surface area contributed by atoms with Gasteiger partial charge >= 0.3 is 0 Å². The van der Waals surface area contributed by atoms with Crippen LogP contribution in [-0.2, 0) is 0 Å². The molecular weight excluding hydrogens is 266 g/mol. The zero-order valence-electron chi connectivity index (χ0n) is 12.6. The Morgan fingerprint density at radius 2 is 1.95 bits per heavy atom. The Labute approximate surface area is 124 Å². The number of aryl methyl sites for hydroxylation is 2. The molecule has 0 aliphatic heterocycles. The molecule has 0 radical (unpaired) electrons. The molecule has 0 aromatic carbocycles. The maximum atomic E-state index is 4.50. The zero-order valence-corrected chi connectivity index (χ0v) is 13.4. The molecule has 0 saturated heterocycles. The van der Waals surface area contributed by atoms with Crippen molar-refractivity contribution in [1.29, 1.82) is 0 Å². The largest absolute Gasteiger partial charge is 0.367 e. The second kappa shape index (κ2) is 5.68. The van der Waals surface area contributed by atoms with E-state index in [1.54, 1.807) is 17.7 Å². The fourth-order valence-corrected chi connectivity index (χ4v) is 4.26. The van der Waals surface area contributed by atoms with Gasteiger partial charge in [0.2, 0.25) is 0 Å². The first kappa shape index (κ1) is 13.8. The minimum Gasteiger partial charge on any atom is -0.367 e. The lowest BCUT2D eigenvalue weighted by Crippen LogP contribution is -2.28. The summed E-state index contributed by atoms with van der Waals surface area (Å²) in [5.74, 6) is 1.81. The fourth-order valence-electron chi connectivity index (χ4n) is 3.26. The molecule has 20 heavy (non-hydrogen) atoms. The predicted molar refractivity (Wildman–Crippen MR) is 86.5 cm³/mol. The Morgan fingerprint density at radius 3 is 2.70 bits per heavy atom. The van der Waals surface area contributed by atoms with Gasteiger partial charge in [-0.2, -0.15) is 0 Å². The van der Waals surface area contributed by atoms with Gasteiger partial charge in [0.15, 0.2) is 0 Å². The predicted octanol–water partition coefficient (Wildman–Crippen LogP) is 4.69. The molecule has 1 aliphatic carbocycles. The molecule has 3 nitrogen and oxygen atoms in total. The standard InChI is InChI=1S/C16H23N3S/c1-10-12(3)20-16-14(10)15(17-9-18-16)19-11(2)13-7-5-4-6-8-13/h9,11,13H,4-8H2,1-3H3,(H,17,18,19). The van der Waals surface area contributed by atoms with Gasteiger partial charge in [0.05, 0.1) is 5.39 Å². The molecule has 2 aromatic rings. The molecule has 1 atom stereocenters. The Hall–Kier alpha value is -1.16. The van der Waals surface area contributed by atoms with Crippen molar-refractivity contribution in [3.8, 4) is 0 Å². The van der Waals surface area contributed by atoms with Crippen molar-refractivity contribution in [2.24, 2.45) is 5.92 Å². The summed E-state index contributed by atoms with van der Waals surface area (Å²) in [6, 6.07) is 0.494. The van der Waals surface area contributed by atoms with Gasteiger partial charge < -0.3 is 5.32 Å². The highest BCUT2D eigenvalue weighted by Gasteiger charge is 2.21. The van der Waals surface area contributed by atoms with E-state index in [0.29, 0.717) is 6.04 Å². The van der Waals surface area contributed by atoms with Crippen LogP contribution in [0.1, 0.15) is 49.5 Å². The normalized spacial score (nSPS) is 18.4. The van der Waals surface area contributed by atoms with Gasteiger partial charge in [0.1, 0.15) is 17.0 Å². The molecule has 0 spiro atoms. The lowest BCUT2D eigenvalue weighted by Gasteiger charge is -2.28. The van der Waals surface area contributed by atoms with Crippen LogP contribution in [0.25, 0.3) is 10.2 Å².